The fraction of sp³-hybridized carbons (Fsp3) is 0.182. The molecule has 1 N–H and O–H groups in total. The van der Waals surface area contributed by atoms with Crippen LogP contribution < -0.4 is 0 Å². The second-order valence-electron chi connectivity index (χ2n) is 6.20. The van der Waals surface area contributed by atoms with Crippen molar-refractivity contribution in [2.45, 2.75) is 26.2 Å². The van der Waals surface area contributed by atoms with Crippen LogP contribution in [0.25, 0.3) is 0 Å². The van der Waals surface area contributed by atoms with Gasteiger partial charge in [-0.3, -0.25) is 0 Å². The minimum absolute atomic E-state index is 0.208. The Balaban J connectivity index is 1.59. The first-order valence-electron chi connectivity index (χ1n) is 9.04. The zero-order valence-corrected chi connectivity index (χ0v) is 15.3. The fourth-order valence-electron chi connectivity index (χ4n) is 2.45. The summed E-state index contributed by atoms with van der Waals surface area (Å²) in [7, 11) is 0. The van der Waals surface area contributed by atoms with E-state index in [-0.39, 0.29) is 5.75 Å². The molecule has 0 aliphatic rings. The van der Waals surface area contributed by atoms with Gasteiger partial charge in [-0.25, -0.2) is 0 Å². The van der Waals surface area contributed by atoms with Crippen molar-refractivity contribution in [1.29, 1.82) is 0 Å². The van der Waals surface area contributed by atoms with Crippen LogP contribution in [0.4, 0.5) is 22.7 Å². The zero-order chi connectivity index (χ0) is 18.9. The third-order valence-electron chi connectivity index (χ3n) is 4.02. The van der Waals surface area contributed by atoms with E-state index < -0.39 is 0 Å². The number of benzene rings is 3. The van der Waals surface area contributed by atoms with Gasteiger partial charge in [0.15, 0.2) is 0 Å². The molecule has 0 spiro atoms. The molecule has 5 nitrogen and oxygen atoms in total. The van der Waals surface area contributed by atoms with E-state index in [9.17, 15) is 5.11 Å². The largest absolute Gasteiger partial charge is 0.508 e. The molecule has 0 aromatic heterocycles. The molecule has 0 saturated carbocycles. The first kappa shape index (κ1) is 18.5. The van der Waals surface area contributed by atoms with Crippen molar-refractivity contribution < 1.29 is 5.11 Å². The Morgan fingerprint density at radius 2 is 0.963 bits per heavy atom. The van der Waals surface area contributed by atoms with Gasteiger partial charge in [0.05, 0.1) is 22.7 Å². The van der Waals surface area contributed by atoms with Gasteiger partial charge in [-0.05, 0) is 79.1 Å². The number of aromatic hydroxyl groups is 1. The van der Waals surface area contributed by atoms with Gasteiger partial charge in [-0.15, -0.1) is 0 Å². The molecule has 0 atom stereocenters. The normalized spacial score (nSPS) is 11.4. The molecule has 0 heterocycles. The Morgan fingerprint density at radius 3 is 1.37 bits per heavy atom. The quantitative estimate of drug-likeness (QED) is 0.435. The number of phenolic OH excluding ortho intramolecular Hbond substituents is 1. The van der Waals surface area contributed by atoms with Crippen molar-refractivity contribution in [3.05, 3.63) is 78.4 Å². The lowest BCUT2D eigenvalue weighted by molar-refractivity contribution is 0.475. The molecule has 0 fully saturated rings. The van der Waals surface area contributed by atoms with E-state index in [1.807, 2.05) is 36.4 Å². The van der Waals surface area contributed by atoms with Crippen molar-refractivity contribution in [3.63, 3.8) is 0 Å². The molecule has 3 aromatic carbocycles. The molecule has 3 rings (SSSR count). The van der Waals surface area contributed by atoms with Crippen molar-refractivity contribution in [1.82, 2.24) is 0 Å². The van der Waals surface area contributed by atoms with E-state index in [1.54, 1.807) is 24.3 Å². The highest BCUT2D eigenvalue weighted by molar-refractivity contribution is 5.48. The summed E-state index contributed by atoms with van der Waals surface area (Å²) < 4.78 is 0. The Morgan fingerprint density at radius 1 is 0.593 bits per heavy atom. The Bertz CT molecular complexity index is 899. The first-order chi connectivity index (χ1) is 13.2. The maximum atomic E-state index is 9.26. The third-order valence-corrected chi connectivity index (χ3v) is 4.02. The molecule has 27 heavy (non-hydrogen) atoms. The summed E-state index contributed by atoms with van der Waals surface area (Å²) in [5, 5.41) is 26.1. The van der Waals surface area contributed by atoms with Crippen molar-refractivity contribution >= 4 is 22.7 Å². The predicted molar refractivity (Wildman–Crippen MR) is 108 cm³/mol. The van der Waals surface area contributed by atoms with E-state index >= 15 is 0 Å². The molecule has 0 saturated heterocycles. The van der Waals surface area contributed by atoms with Gasteiger partial charge in [0.1, 0.15) is 5.75 Å². The van der Waals surface area contributed by atoms with Crippen LogP contribution >= 0.6 is 0 Å². The minimum atomic E-state index is 0.208. The summed E-state index contributed by atoms with van der Waals surface area (Å²) in [6, 6.07) is 22.1. The van der Waals surface area contributed by atoms with E-state index in [4.69, 9.17) is 0 Å². The van der Waals surface area contributed by atoms with E-state index in [2.05, 4.69) is 39.5 Å². The lowest BCUT2D eigenvalue weighted by atomic mass is 10.1. The molecule has 0 bridgehead atoms. The molecular formula is C22H22N4O. The maximum absolute atomic E-state index is 9.26. The van der Waals surface area contributed by atoms with Crippen LogP contribution in [-0.2, 0) is 6.42 Å². The van der Waals surface area contributed by atoms with Gasteiger partial charge in [-0.2, -0.15) is 20.5 Å². The maximum Gasteiger partial charge on any atom is 0.115 e. The third kappa shape index (κ3) is 5.85. The highest BCUT2D eigenvalue weighted by Gasteiger charge is 1.96. The molecular weight excluding hydrogens is 336 g/mol. The van der Waals surface area contributed by atoms with Gasteiger partial charge in [0.2, 0.25) is 0 Å². The number of rotatable bonds is 7. The molecule has 0 aliphatic carbocycles. The van der Waals surface area contributed by atoms with Gasteiger partial charge < -0.3 is 5.11 Å². The monoisotopic (exact) mass is 358 g/mol. The zero-order valence-electron chi connectivity index (χ0n) is 15.3. The Kier molecular flexibility index (Phi) is 6.41. The summed E-state index contributed by atoms with van der Waals surface area (Å²) in [4.78, 5) is 0. The molecule has 3 aromatic rings. The highest BCUT2D eigenvalue weighted by atomic mass is 16.3. The second-order valence-corrected chi connectivity index (χ2v) is 6.20. The summed E-state index contributed by atoms with van der Waals surface area (Å²) >= 11 is 0. The standard InChI is InChI=1S/C22H22N4O/c1-2-3-4-17-5-7-18(8-6-17)23-24-19-9-11-20(12-10-19)25-26-21-13-15-22(27)16-14-21/h5-16,27H,2-4H2,1H3/b24-23+,26-25+. The van der Waals surface area contributed by atoms with E-state index in [1.165, 1.54) is 18.4 Å². The van der Waals surface area contributed by atoms with Gasteiger partial charge >= 0.3 is 0 Å². The highest BCUT2D eigenvalue weighted by Crippen LogP contribution is 2.24. The van der Waals surface area contributed by atoms with Crippen molar-refractivity contribution in [2.75, 3.05) is 0 Å². The molecule has 0 unspecified atom stereocenters. The molecule has 0 radical (unpaired) electrons. The molecule has 5 heteroatoms. The van der Waals surface area contributed by atoms with Crippen LogP contribution in [0.3, 0.4) is 0 Å². The second kappa shape index (κ2) is 9.38. The lowest BCUT2D eigenvalue weighted by Gasteiger charge is -1.99. The number of hydrogen-bond acceptors (Lipinski definition) is 5. The van der Waals surface area contributed by atoms with Crippen LogP contribution in [0.1, 0.15) is 25.3 Å². The van der Waals surface area contributed by atoms with E-state index in [0.717, 1.165) is 23.5 Å². The average molecular weight is 358 g/mol. The summed E-state index contributed by atoms with van der Waals surface area (Å²) in [6.45, 7) is 2.20. The number of phenols is 1. The van der Waals surface area contributed by atoms with Gasteiger partial charge in [0, 0.05) is 0 Å². The fourth-order valence-corrected chi connectivity index (χ4v) is 2.45. The van der Waals surface area contributed by atoms with Crippen molar-refractivity contribution in [3.8, 4) is 5.75 Å². The summed E-state index contributed by atoms with van der Waals surface area (Å²) in [5.41, 5.74) is 4.33. The van der Waals surface area contributed by atoms with Crippen LogP contribution in [-0.4, -0.2) is 5.11 Å². The average Bonchev–Trinajstić information content (AvgIpc) is 2.72. The molecule has 0 amide bonds. The number of aryl methyl sites for hydroxylation is 1. The van der Waals surface area contributed by atoms with Crippen LogP contribution in [0.15, 0.2) is 93.3 Å². The van der Waals surface area contributed by atoms with Crippen LogP contribution in [0.5, 0.6) is 5.75 Å². The van der Waals surface area contributed by atoms with Crippen LogP contribution in [0.2, 0.25) is 0 Å². The first-order valence-corrected chi connectivity index (χ1v) is 9.04. The summed E-state index contributed by atoms with van der Waals surface area (Å²) in [5.74, 6) is 0.208. The SMILES string of the molecule is CCCCc1ccc(/N=N/c2ccc(/N=N/c3ccc(O)cc3)cc2)cc1. The van der Waals surface area contributed by atoms with Gasteiger partial charge in [0.25, 0.3) is 0 Å². The molecule has 136 valence electrons. The van der Waals surface area contributed by atoms with Gasteiger partial charge in [-0.1, -0.05) is 25.5 Å². The van der Waals surface area contributed by atoms with Crippen LogP contribution in [0, 0.1) is 0 Å². The Labute approximate surface area is 159 Å². The smallest absolute Gasteiger partial charge is 0.115 e. The number of unbranched alkanes of at least 4 members (excludes halogenated alkanes) is 1. The predicted octanol–water partition coefficient (Wildman–Crippen LogP) is 7.57. The number of azo groups is 2. The van der Waals surface area contributed by atoms with Crippen molar-refractivity contribution in [2.24, 2.45) is 20.5 Å². The molecule has 0 aliphatic heterocycles. The number of nitrogens with zero attached hydrogens (tertiary/aromatic N) is 4. The Hall–Kier alpha value is -3.34. The van der Waals surface area contributed by atoms with E-state index in [0.29, 0.717) is 5.69 Å². The minimum Gasteiger partial charge on any atom is -0.508 e. The summed E-state index contributed by atoms with van der Waals surface area (Å²) in [6.07, 6.45) is 3.51. The topological polar surface area (TPSA) is 69.7 Å². The number of hydrogen-bond donors (Lipinski definition) is 1. The lowest BCUT2D eigenvalue weighted by Crippen LogP contribution is -1.82.